The maximum Gasteiger partial charge on any atom is 0.325 e. The van der Waals surface area contributed by atoms with Crippen LogP contribution < -0.4 is 14.8 Å². The van der Waals surface area contributed by atoms with E-state index in [2.05, 4.69) is 10.4 Å². The van der Waals surface area contributed by atoms with E-state index >= 15 is 0 Å². The zero-order valence-electron chi connectivity index (χ0n) is 14.9. The molecule has 26 heavy (non-hydrogen) atoms. The van der Waals surface area contributed by atoms with Crippen LogP contribution in [0.15, 0.2) is 30.5 Å². The quantitative estimate of drug-likeness (QED) is 0.674. The van der Waals surface area contributed by atoms with E-state index < -0.39 is 5.97 Å². The lowest BCUT2D eigenvalue weighted by atomic mass is 10.2. The summed E-state index contributed by atoms with van der Waals surface area (Å²) in [7, 11) is 0. The van der Waals surface area contributed by atoms with Gasteiger partial charge in [0.15, 0.2) is 17.3 Å². The Labute approximate surface area is 151 Å². The molecule has 0 saturated carbocycles. The summed E-state index contributed by atoms with van der Waals surface area (Å²) in [5.41, 5.74) is 0.396. The predicted molar refractivity (Wildman–Crippen MR) is 95.8 cm³/mol. The van der Waals surface area contributed by atoms with Crippen molar-refractivity contribution < 1.29 is 24.2 Å². The average Bonchev–Trinajstić information content (AvgIpc) is 3.04. The molecule has 140 valence electrons. The van der Waals surface area contributed by atoms with E-state index in [4.69, 9.17) is 14.6 Å². The lowest BCUT2D eigenvalue weighted by molar-refractivity contribution is -0.137. The second-order valence-electron chi connectivity index (χ2n) is 5.60. The fraction of sp³-hybridized carbons (Fsp3) is 0.389. The number of benzene rings is 1. The van der Waals surface area contributed by atoms with E-state index in [1.807, 2.05) is 13.8 Å². The van der Waals surface area contributed by atoms with Gasteiger partial charge < -0.3 is 19.9 Å². The van der Waals surface area contributed by atoms with E-state index in [-0.39, 0.29) is 18.3 Å². The van der Waals surface area contributed by atoms with Gasteiger partial charge in [-0.1, -0.05) is 13.8 Å². The van der Waals surface area contributed by atoms with Crippen molar-refractivity contribution in [1.82, 2.24) is 9.78 Å². The van der Waals surface area contributed by atoms with E-state index in [9.17, 15) is 9.59 Å². The number of carbonyl (C=O) groups excluding carboxylic acids is 1. The molecule has 8 nitrogen and oxygen atoms in total. The Bertz CT molecular complexity index is 757. The molecule has 0 spiro atoms. The number of aromatic nitrogens is 2. The standard InChI is InChI=1S/C18H23N3O5/c1-3-9-25-14-6-5-13(11-15(14)26-10-4-2)18(24)19-16-7-8-21(20-16)12-17(22)23/h5-8,11H,3-4,9-10,12H2,1-2H3,(H,22,23)(H,19,20,24). The Morgan fingerprint density at radius 2 is 1.81 bits per heavy atom. The number of anilines is 1. The molecule has 0 unspecified atom stereocenters. The van der Waals surface area contributed by atoms with Crippen LogP contribution >= 0.6 is 0 Å². The van der Waals surface area contributed by atoms with Crippen LogP contribution in [0.5, 0.6) is 11.5 Å². The van der Waals surface area contributed by atoms with Crippen LogP contribution in [0, 0.1) is 0 Å². The monoisotopic (exact) mass is 361 g/mol. The summed E-state index contributed by atoms with van der Waals surface area (Å²) in [6.07, 6.45) is 3.19. The Morgan fingerprint density at radius 3 is 2.46 bits per heavy atom. The van der Waals surface area contributed by atoms with Crippen molar-refractivity contribution in [2.75, 3.05) is 18.5 Å². The molecule has 1 heterocycles. The molecule has 0 aliphatic carbocycles. The SMILES string of the molecule is CCCOc1ccc(C(=O)Nc2ccn(CC(=O)O)n2)cc1OCCC. The van der Waals surface area contributed by atoms with Crippen molar-refractivity contribution >= 4 is 17.7 Å². The van der Waals surface area contributed by atoms with Crippen LogP contribution in [-0.4, -0.2) is 40.0 Å². The van der Waals surface area contributed by atoms with Crippen molar-refractivity contribution in [3.63, 3.8) is 0 Å². The third kappa shape index (κ3) is 5.51. The molecular formula is C18H23N3O5. The molecule has 0 radical (unpaired) electrons. The van der Waals surface area contributed by atoms with Crippen LogP contribution in [-0.2, 0) is 11.3 Å². The van der Waals surface area contributed by atoms with Crippen LogP contribution in [0.1, 0.15) is 37.0 Å². The van der Waals surface area contributed by atoms with Gasteiger partial charge in [0, 0.05) is 17.8 Å². The second-order valence-corrected chi connectivity index (χ2v) is 5.60. The molecule has 2 rings (SSSR count). The number of carbonyl (C=O) groups is 2. The van der Waals surface area contributed by atoms with E-state index in [1.165, 1.54) is 16.9 Å². The number of amides is 1. The molecule has 1 aromatic heterocycles. The van der Waals surface area contributed by atoms with Gasteiger partial charge >= 0.3 is 5.97 Å². The third-order valence-corrected chi connectivity index (χ3v) is 3.31. The van der Waals surface area contributed by atoms with Gasteiger partial charge in [0.1, 0.15) is 6.54 Å². The molecule has 2 aromatic rings. The van der Waals surface area contributed by atoms with Gasteiger partial charge in [0.25, 0.3) is 5.91 Å². The summed E-state index contributed by atoms with van der Waals surface area (Å²) >= 11 is 0. The van der Waals surface area contributed by atoms with Gasteiger partial charge in [-0.2, -0.15) is 5.10 Å². The Hall–Kier alpha value is -3.03. The largest absolute Gasteiger partial charge is 0.490 e. The zero-order valence-corrected chi connectivity index (χ0v) is 14.9. The molecule has 0 bridgehead atoms. The van der Waals surface area contributed by atoms with Crippen molar-refractivity contribution in [2.45, 2.75) is 33.2 Å². The lowest BCUT2D eigenvalue weighted by Crippen LogP contribution is -2.14. The fourth-order valence-electron chi connectivity index (χ4n) is 2.15. The molecule has 0 aliphatic heterocycles. The van der Waals surface area contributed by atoms with E-state index in [0.29, 0.717) is 30.3 Å². The van der Waals surface area contributed by atoms with Crippen molar-refractivity contribution in [3.8, 4) is 11.5 Å². The number of carboxylic acid groups (broad SMARTS) is 1. The number of nitrogens with zero attached hydrogens (tertiary/aromatic N) is 2. The number of nitrogens with one attached hydrogen (secondary N) is 1. The predicted octanol–water partition coefficient (Wildman–Crippen LogP) is 2.80. The highest BCUT2D eigenvalue weighted by Gasteiger charge is 2.13. The second kappa shape index (κ2) is 9.45. The molecule has 1 aromatic carbocycles. The summed E-state index contributed by atoms with van der Waals surface area (Å²) in [6.45, 7) is 4.82. The smallest absolute Gasteiger partial charge is 0.325 e. The van der Waals surface area contributed by atoms with Crippen LogP contribution in [0.25, 0.3) is 0 Å². The first-order valence-electron chi connectivity index (χ1n) is 8.49. The van der Waals surface area contributed by atoms with E-state index in [1.54, 1.807) is 18.2 Å². The van der Waals surface area contributed by atoms with E-state index in [0.717, 1.165) is 12.8 Å². The molecule has 0 aliphatic rings. The number of hydrogen-bond acceptors (Lipinski definition) is 5. The maximum absolute atomic E-state index is 12.4. The first-order valence-corrected chi connectivity index (χ1v) is 8.49. The third-order valence-electron chi connectivity index (χ3n) is 3.31. The highest BCUT2D eigenvalue weighted by molar-refractivity contribution is 6.04. The summed E-state index contributed by atoms with van der Waals surface area (Å²) in [6, 6.07) is 6.52. The average molecular weight is 361 g/mol. The topological polar surface area (TPSA) is 103 Å². The van der Waals surface area contributed by atoms with Crippen molar-refractivity contribution in [1.29, 1.82) is 0 Å². The maximum atomic E-state index is 12.4. The minimum atomic E-state index is -1.01. The van der Waals surface area contributed by atoms with Gasteiger partial charge in [0.2, 0.25) is 0 Å². The Morgan fingerprint density at radius 1 is 1.12 bits per heavy atom. The van der Waals surface area contributed by atoms with Crippen molar-refractivity contribution in [3.05, 3.63) is 36.0 Å². The van der Waals surface area contributed by atoms with Gasteiger partial charge in [0.05, 0.1) is 13.2 Å². The number of ether oxygens (including phenoxy) is 2. The fourth-order valence-corrected chi connectivity index (χ4v) is 2.15. The summed E-state index contributed by atoms with van der Waals surface area (Å²) < 4.78 is 12.6. The van der Waals surface area contributed by atoms with Crippen LogP contribution in [0.2, 0.25) is 0 Å². The first-order chi connectivity index (χ1) is 12.5. The Kier molecular flexibility index (Phi) is 7.02. The van der Waals surface area contributed by atoms with Gasteiger partial charge in [-0.3, -0.25) is 14.3 Å². The number of aliphatic carboxylic acids is 1. The van der Waals surface area contributed by atoms with Crippen molar-refractivity contribution in [2.24, 2.45) is 0 Å². The zero-order chi connectivity index (χ0) is 18.9. The number of rotatable bonds is 10. The van der Waals surface area contributed by atoms with Crippen LogP contribution in [0.3, 0.4) is 0 Å². The summed E-state index contributed by atoms with van der Waals surface area (Å²) in [4.78, 5) is 23.1. The number of hydrogen-bond donors (Lipinski definition) is 2. The summed E-state index contributed by atoms with van der Waals surface area (Å²) in [5.74, 6) is 0.0193. The molecule has 0 fully saturated rings. The summed E-state index contributed by atoms with van der Waals surface area (Å²) in [5, 5.41) is 15.4. The van der Waals surface area contributed by atoms with Gasteiger partial charge in [-0.05, 0) is 31.0 Å². The first kappa shape index (κ1) is 19.3. The minimum absolute atomic E-state index is 0.270. The highest BCUT2D eigenvalue weighted by Crippen LogP contribution is 2.29. The lowest BCUT2D eigenvalue weighted by Gasteiger charge is -2.13. The molecule has 0 atom stereocenters. The number of carboxylic acids is 1. The van der Waals surface area contributed by atoms with Crippen LogP contribution in [0.4, 0.5) is 5.82 Å². The minimum Gasteiger partial charge on any atom is -0.490 e. The molecule has 1 amide bonds. The molecular weight excluding hydrogens is 338 g/mol. The molecule has 8 heteroatoms. The molecule has 2 N–H and O–H groups in total. The molecule has 0 saturated heterocycles. The Balaban J connectivity index is 2.11. The highest BCUT2D eigenvalue weighted by atomic mass is 16.5. The normalized spacial score (nSPS) is 10.4. The van der Waals surface area contributed by atoms with Gasteiger partial charge in [-0.15, -0.1) is 0 Å². The van der Waals surface area contributed by atoms with Gasteiger partial charge in [-0.25, -0.2) is 0 Å².